The van der Waals surface area contributed by atoms with Crippen LogP contribution >= 0.6 is 0 Å². The van der Waals surface area contributed by atoms with E-state index in [1.807, 2.05) is 0 Å². The normalized spacial score (nSPS) is 26.9. The van der Waals surface area contributed by atoms with Crippen LogP contribution in [-0.2, 0) is 6.42 Å². The molecule has 1 fully saturated rings. The first-order chi connectivity index (χ1) is 8.33. The third kappa shape index (κ3) is 1.75. The van der Waals surface area contributed by atoms with Crippen molar-refractivity contribution in [3.05, 3.63) is 29.3 Å². The molecule has 1 heterocycles. The fraction of sp³-hybridized carbons (Fsp3) is 0.600. The molecule has 0 spiro atoms. The lowest BCUT2D eigenvalue weighted by atomic mass is 9.96. The summed E-state index contributed by atoms with van der Waals surface area (Å²) in [5.41, 5.74) is 3.02. The Hall–Kier alpha value is -1.02. The summed E-state index contributed by atoms with van der Waals surface area (Å²) in [5.74, 6) is 2.65. The van der Waals surface area contributed by atoms with Crippen molar-refractivity contribution >= 4 is 0 Å². The number of rotatable bonds is 3. The summed E-state index contributed by atoms with van der Waals surface area (Å²) in [5, 5.41) is 0. The number of benzene rings is 1. The van der Waals surface area contributed by atoms with E-state index in [4.69, 9.17) is 4.74 Å². The highest BCUT2D eigenvalue weighted by Gasteiger charge is 2.40. The molecule has 2 unspecified atom stereocenters. The first kappa shape index (κ1) is 11.1. The highest BCUT2D eigenvalue weighted by atomic mass is 16.5. The summed E-state index contributed by atoms with van der Waals surface area (Å²) in [6.07, 6.45) is 2.51. The van der Waals surface area contributed by atoms with E-state index in [-0.39, 0.29) is 0 Å². The minimum Gasteiger partial charge on any atom is -0.496 e. The van der Waals surface area contributed by atoms with Crippen molar-refractivity contribution in [2.45, 2.75) is 25.7 Å². The Kier molecular flexibility index (Phi) is 2.83. The van der Waals surface area contributed by atoms with Crippen molar-refractivity contribution < 1.29 is 4.74 Å². The average Bonchev–Trinajstić information content (AvgIpc) is 2.85. The average molecular weight is 231 g/mol. The third-order valence-electron chi connectivity index (χ3n) is 4.29. The molecule has 17 heavy (non-hydrogen) atoms. The fourth-order valence-electron chi connectivity index (χ4n) is 3.64. The molecule has 92 valence electrons. The van der Waals surface area contributed by atoms with E-state index in [0.29, 0.717) is 5.92 Å². The second-order valence-electron chi connectivity index (χ2n) is 5.36. The van der Waals surface area contributed by atoms with Crippen LogP contribution in [0.1, 0.15) is 30.4 Å². The molecule has 2 aliphatic rings. The quantitative estimate of drug-likeness (QED) is 0.793. The summed E-state index contributed by atoms with van der Waals surface area (Å²) in [7, 11) is 1.79. The molecule has 1 saturated heterocycles. The van der Waals surface area contributed by atoms with E-state index in [0.717, 1.165) is 11.7 Å². The second kappa shape index (κ2) is 4.34. The lowest BCUT2D eigenvalue weighted by molar-refractivity contribution is 0.321. The van der Waals surface area contributed by atoms with Gasteiger partial charge in [-0.1, -0.05) is 19.1 Å². The zero-order valence-corrected chi connectivity index (χ0v) is 10.8. The number of ether oxygens (including phenoxy) is 1. The van der Waals surface area contributed by atoms with Gasteiger partial charge in [0.1, 0.15) is 5.75 Å². The Morgan fingerprint density at radius 1 is 1.35 bits per heavy atom. The molecule has 0 radical (unpaired) electrons. The maximum absolute atomic E-state index is 5.54. The standard InChI is InChI=1S/C15H21NO/c1-3-7-16-9-12-8-11-5-4-6-14(17-2)15(11)13(12)10-16/h4-6,12-13H,3,7-10H2,1-2H3. The zero-order chi connectivity index (χ0) is 11.8. The highest BCUT2D eigenvalue weighted by Crippen LogP contribution is 2.46. The molecule has 2 nitrogen and oxygen atoms in total. The van der Waals surface area contributed by atoms with Crippen LogP contribution in [0, 0.1) is 5.92 Å². The highest BCUT2D eigenvalue weighted by molar-refractivity contribution is 5.47. The summed E-state index contributed by atoms with van der Waals surface area (Å²) < 4.78 is 5.54. The second-order valence-corrected chi connectivity index (χ2v) is 5.36. The molecule has 1 aromatic rings. The van der Waals surface area contributed by atoms with Crippen LogP contribution in [0.3, 0.4) is 0 Å². The predicted molar refractivity (Wildman–Crippen MR) is 69.7 cm³/mol. The van der Waals surface area contributed by atoms with Crippen molar-refractivity contribution in [3.63, 3.8) is 0 Å². The van der Waals surface area contributed by atoms with E-state index < -0.39 is 0 Å². The molecule has 3 rings (SSSR count). The van der Waals surface area contributed by atoms with Gasteiger partial charge in [-0.05, 0) is 36.9 Å². The van der Waals surface area contributed by atoms with Crippen LogP contribution in [0.5, 0.6) is 5.75 Å². The molecular weight excluding hydrogens is 210 g/mol. The van der Waals surface area contributed by atoms with Crippen molar-refractivity contribution in [1.29, 1.82) is 0 Å². The SMILES string of the molecule is CCCN1CC2Cc3cccc(OC)c3C2C1. The predicted octanol–water partition coefficient (Wildman–Crippen LogP) is 2.68. The fourth-order valence-corrected chi connectivity index (χ4v) is 3.64. The molecule has 0 bridgehead atoms. The van der Waals surface area contributed by atoms with Gasteiger partial charge in [0.15, 0.2) is 0 Å². The molecule has 0 aromatic heterocycles. The molecule has 0 N–H and O–H groups in total. The Labute approximate surface area is 104 Å². The zero-order valence-electron chi connectivity index (χ0n) is 10.8. The van der Waals surface area contributed by atoms with E-state index in [2.05, 4.69) is 30.0 Å². The Bertz CT molecular complexity index is 415. The number of hydrogen-bond acceptors (Lipinski definition) is 2. The summed E-state index contributed by atoms with van der Waals surface area (Å²) in [6, 6.07) is 6.52. The van der Waals surface area contributed by atoms with Crippen LogP contribution in [0.25, 0.3) is 0 Å². The molecule has 1 aromatic carbocycles. The van der Waals surface area contributed by atoms with E-state index in [9.17, 15) is 0 Å². The third-order valence-corrected chi connectivity index (χ3v) is 4.29. The van der Waals surface area contributed by atoms with Gasteiger partial charge in [-0.2, -0.15) is 0 Å². The minimum absolute atomic E-state index is 0.715. The van der Waals surface area contributed by atoms with Gasteiger partial charge in [-0.3, -0.25) is 0 Å². The minimum atomic E-state index is 0.715. The van der Waals surface area contributed by atoms with Crippen molar-refractivity contribution in [2.75, 3.05) is 26.7 Å². The van der Waals surface area contributed by atoms with E-state index in [1.54, 1.807) is 7.11 Å². The molecule has 1 aliphatic carbocycles. The van der Waals surface area contributed by atoms with Crippen LogP contribution in [0.2, 0.25) is 0 Å². The first-order valence-corrected chi connectivity index (χ1v) is 6.71. The summed E-state index contributed by atoms with van der Waals surface area (Å²) in [6.45, 7) is 6.02. The lowest BCUT2D eigenvalue weighted by Gasteiger charge is -2.17. The topological polar surface area (TPSA) is 12.5 Å². The molecule has 0 amide bonds. The van der Waals surface area contributed by atoms with Gasteiger partial charge in [0.25, 0.3) is 0 Å². The van der Waals surface area contributed by atoms with E-state index in [1.165, 1.54) is 43.6 Å². The number of fused-ring (bicyclic) bond motifs is 3. The van der Waals surface area contributed by atoms with Crippen molar-refractivity contribution in [1.82, 2.24) is 4.90 Å². The molecule has 0 saturated carbocycles. The first-order valence-electron chi connectivity index (χ1n) is 6.71. The smallest absolute Gasteiger partial charge is 0.122 e. The van der Waals surface area contributed by atoms with Crippen LogP contribution in [0.4, 0.5) is 0 Å². The maximum atomic E-state index is 5.54. The largest absolute Gasteiger partial charge is 0.496 e. The van der Waals surface area contributed by atoms with Crippen molar-refractivity contribution in [3.8, 4) is 5.75 Å². The monoisotopic (exact) mass is 231 g/mol. The van der Waals surface area contributed by atoms with E-state index >= 15 is 0 Å². The molecule has 1 aliphatic heterocycles. The van der Waals surface area contributed by atoms with Crippen LogP contribution in [-0.4, -0.2) is 31.6 Å². The van der Waals surface area contributed by atoms with Crippen molar-refractivity contribution in [2.24, 2.45) is 5.92 Å². The van der Waals surface area contributed by atoms with Gasteiger partial charge < -0.3 is 9.64 Å². The number of methoxy groups -OCH3 is 1. The molecule has 2 atom stereocenters. The Morgan fingerprint density at radius 3 is 3.00 bits per heavy atom. The van der Waals surface area contributed by atoms with Gasteiger partial charge in [0.05, 0.1) is 7.11 Å². The molecule has 2 heteroatoms. The van der Waals surface area contributed by atoms with Crippen LogP contribution in [0.15, 0.2) is 18.2 Å². The van der Waals surface area contributed by atoms with Gasteiger partial charge in [-0.25, -0.2) is 0 Å². The van der Waals surface area contributed by atoms with Gasteiger partial charge >= 0.3 is 0 Å². The number of nitrogens with zero attached hydrogens (tertiary/aromatic N) is 1. The summed E-state index contributed by atoms with van der Waals surface area (Å²) >= 11 is 0. The number of likely N-dealkylation sites (tertiary alicyclic amines) is 1. The lowest BCUT2D eigenvalue weighted by Crippen LogP contribution is -2.22. The van der Waals surface area contributed by atoms with Gasteiger partial charge in [0.2, 0.25) is 0 Å². The Morgan fingerprint density at radius 2 is 2.24 bits per heavy atom. The number of hydrogen-bond donors (Lipinski definition) is 0. The summed E-state index contributed by atoms with van der Waals surface area (Å²) in [4.78, 5) is 2.62. The Balaban J connectivity index is 1.89. The van der Waals surface area contributed by atoms with Crippen LogP contribution < -0.4 is 4.74 Å². The van der Waals surface area contributed by atoms with Gasteiger partial charge in [-0.15, -0.1) is 0 Å². The molecular formula is C15H21NO. The van der Waals surface area contributed by atoms with Gasteiger partial charge in [0, 0.05) is 24.6 Å². The maximum Gasteiger partial charge on any atom is 0.122 e.